The van der Waals surface area contributed by atoms with Gasteiger partial charge in [0.05, 0.1) is 17.9 Å². The van der Waals surface area contributed by atoms with E-state index in [4.69, 9.17) is 10.5 Å². The molecule has 0 radical (unpaired) electrons. The number of hydrogen-bond donors (Lipinski definition) is 1. The molecule has 0 amide bonds. The minimum atomic E-state index is -3.54. The average molecular weight is 296 g/mol. The van der Waals surface area contributed by atoms with Crippen LogP contribution in [0.4, 0.5) is 5.69 Å². The van der Waals surface area contributed by atoms with Gasteiger partial charge in [-0.15, -0.1) is 0 Å². The third-order valence-electron chi connectivity index (χ3n) is 4.22. The molecule has 2 N–H and O–H groups in total. The van der Waals surface area contributed by atoms with E-state index in [0.717, 1.165) is 18.4 Å². The highest BCUT2D eigenvalue weighted by atomic mass is 32.2. The van der Waals surface area contributed by atoms with Crippen molar-refractivity contribution in [3.63, 3.8) is 0 Å². The molecule has 0 aliphatic carbocycles. The van der Waals surface area contributed by atoms with E-state index in [0.29, 0.717) is 24.3 Å². The second-order valence-electron chi connectivity index (χ2n) is 5.72. The van der Waals surface area contributed by atoms with Crippen molar-refractivity contribution in [2.75, 3.05) is 18.8 Å². The molecule has 2 atom stereocenters. The van der Waals surface area contributed by atoms with Crippen molar-refractivity contribution in [2.45, 2.75) is 43.8 Å². The van der Waals surface area contributed by atoms with Gasteiger partial charge in [-0.25, -0.2) is 8.42 Å². The Morgan fingerprint density at radius 1 is 1.15 bits per heavy atom. The third kappa shape index (κ3) is 2.12. The van der Waals surface area contributed by atoms with Crippen molar-refractivity contribution in [1.29, 1.82) is 0 Å². The molecule has 2 unspecified atom stereocenters. The molecule has 0 spiro atoms. The number of hydrogen-bond acceptors (Lipinski definition) is 4. The highest BCUT2D eigenvalue weighted by Crippen LogP contribution is 2.33. The van der Waals surface area contributed by atoms with Crippen molar-refractivity contribution >= 4 is 15.7 Å². The van der Waals surface area contributed by atoms with Crippen LogP contribution in [0, 0.1) is 13.8 Å². The maximum Gasteiger partial charge on any atom is 0.245 e. The quantitative estimate of drug-likeness (QED) is 0.838. The van der Waals surface area contributed by atoms with Crippen molar-refractivity contribution < 1.29 is 13.2 Å². The molecule has 20 heavy (non-hydrogen) atoms. The summed E-state index contributed by atoms with van der Waals surface area (Å²) in [4.78, 5) is 0.263. The summed E-state index contributed by atoms with van der Waals surface area (Å²) in [6.07, 6.45) is 1.96. The first-order valence-electron chi connectivity index (χ1n) is 6.91. The lowest BCUT2D eigenvalue weighted by atomic mass is 10.1. The van der Waals surface area contributed by atoms with Gasteiger partial charge in [-0.3, -0.25) is 0 Å². The van der Waals surface area contributed by atoms with Gasteiger partial charge < -0.3 is 10.5 Å². The zero-order chi connectivity index (χ0) is 14.5. The molecule has 2 heterocycles. The van der Waals surface area contributed by atoms with Crippen molar-refractivity contribution in [3.05, 3.63) is 23.3 Å². The predicted molar refractivity (Wildman–Crippen MR) is 77.0 cm³/mol. The molecule has 1 aromatic carbocycles. The summed E-state index contributed by atoms with van der Waals surface area (Å²) in [5.41, 5.74) is 7.89. The van der Waals surface area contributed by atoms with Crippen LogP contribution in [-0.4, -0.2) is 38.0 Å². The van der Waals surface area contributed by atoms with Gasteiger partial charge in [-0.05, 0) is 37.8 Å². The number of anilines is 1. The molecule has 2 aliphatic rings. The molecular formula is C14H20N2O3S. The van der Waals surface area contributed by atoms with Crippen LogP contribution in [0.25, 0.3) is 0 Å². The Kier molecular flexibility index (Phi) is 3.27. The number of fused-ring (bicyclic) bond motifs is 2. The van der Waals surface area contributed by atoms with Crippen LogP contribution in [0.1, 0.15) is 24.0 Å². The van der Waals surface area contributed by atoms with Crippen LogP contribution in [0.3, 0.4) is 0 Å². The molecule has 2 fully saturated rings. The molecule has 5 nitrogen and oxygen atoms in total. The number of nitrogens with zero attached hydrogens (tertiary/aromatic N) is 1. The average Bonchev–Trinajstić information content (AvgIpc) is 2.73. The molecule has 2 saturated heterocycles. The van der Waals surface area contributed by atoms with E-state index in [-0.39, 0.29) is 17.1 Å². The van der Waals surface area contributed by atoms with E-state index in [1.807, 2.05) is 19.1 Å². The van der Waals surface area contributed by atoms with Crippen LogP contribution in [0.2, 0.25) is 0 Å². The first kappa shape index (κ1) is 13.9. The number of morpholine rings is 1. The summed E-state index contributed by atoms with van der Waals surface area (Å²) in [7, 11) is -3.54. The van der Waals surface area contributed by atoms with E-state index >= 15 is 0 Å². The van der Waals surface area contributed by atoms with Crippen LogP contribution < -0.4 is 5.73 Å². The summed E-state index contributed by atoms with van der Waals surface area (Å²) in [6.45, 7) is 4.49. The summed E-state index contributed by atoms with van der Waals surface area (Å²) < 4.78 is 33.0. The number of sulfonamides is 1. The Morgan fingerprint density at radius 2 is 1.70 bits per heavy atom. The zero-order valence-corrected chi connectivity index (χ0v) is 12.6. The Morgan fingerprint density at radius 3 is 2.30 bits per heavy atom. The van der Waals surface area contributed by atoms with E-state index in [1.54, 1.807) is 6.92 Å². The van der Waals surface area contributed by atoms with Gasteiger partial charge in [0.2, 0.25) is 10.0 Å². The zero-order valence-electron chi connectivity index (χ0n) is 11.8. The lowest BCUT2D eigenvalue weighted by molar-refractivity contribution is -0.0114. The second-order valence-corrected chi connectivity index (χ2v) is 7.60. The van der Waals surface area contributed by atoms with Crippen molar-refractivity contribution in [2.24, 2.45) is 0 Å². The van der Waals surface area contributed by atoms with Gasteiger partial charge in [0.15, 0.2) is 0 Å². The van der Waals surface area contributed by atoms with Crippen LogP contribution in [0.5, 0.6) is 0 Å². The molecule has 2 aliphatic heterocycles. The summed E-state index contributed by atoms with van der Waals surface area (Å²) in [5.74, 6) is 0. The fraction of sp³-hybridized carbons (Fsp3) is 0.571. The third-order valence-corrected chi connectivity index (χ3v) is 6.25. The maximum atomic E-state index is 12.9. The van der Waals surface area contributed by atoms with Crippen LogP contribution in [-0.2, 0) is 14.8 Å². The molecule has 0 saturated carbocycles. The summed E-state index contributed by atoms with van der Waals surface area (Å²) in [6, 6.07) is 3.67. The standard InChI is InChI=1S/C14H20N2O3S/c1-9-3-4-10(2)14(13(9)15)20(17,18)16-7-11-5-6-12(8-16)19-11/h3-4,11-12H,5-8,15H2,1-2H3. The van der Waals surface area contributed by atoms with E-state index in [9.17, 15) is 8.42 Å². The molecule has 3 rings (SSSR count). The van der Waals surface area contributed by atoms with Gasteiger partial charge in [0.25, 0.3) is 0 Å². The smallest absolute Gasteiger partial charge is 0.245 e. The van der Waals surface area contributed by atoms with Gasteiger partial charge in [0.1, 0.15) is 4.90 Å². The highest BCUT2D eigenvalue weighted by Gasteiger charge is 2.40. The molecule has 110 valence electrons. The summed E-state index contributed by atoms with van der Waals surface area (Å²) in [5, 5.41) is 0. The first-order valence-corrected chi connectivity index (χ1v) is 8.35. The molecular weight excluding hydrogens is 276 g/mol. The van der Waals surface area contributed by atoms with Gasteiger partial charge in [-0.1, -0.05) is 12.1 Å². The van der Waals surface area contributed by atoms with Crippen LogP contribution in [0.15, 0.2) is 17.0 Å². The van der Waals surface area contributed by atoms with E-state index < -0.39 is 10.0 Å². The molecule has 0 aromatic heterocycles. The lowest BCUT2D eigenvalue weighted by Crippen LogP contribution is -2.46. The Hall–Kier alpha value is -1.11. The highest BCUT2D eigenvalue weighted by molar-refractivity contribution is 7.89. The second kappa shape index (κ2) is 4.72. The number of nitrogens with two attached hydrogens (primary N) is 1. The fourth-order valence-electron chi connectivity index (χ4n) is 3.05. The number of rotatable bonds is 2. The van der Waals surface area contributed by atoms with E-state index in [1.165, 1.54) is 4.31 Å². The first-order chi connectivity index (χ1) is 9.39. The minimum absolute atomic E-state index is 0.0369. The monoisotopic (exact) mass is 296 g/mol. The van der Waals surface area contributed by atoms with E-state index in [2.05, 4.69) is 0 Å². The fourth-order valence-corrected chi connectivity index (χ4v) is 4.95. The van der Waals surface area contributed by atoms with Gasteiger partial charge in [0, 0.05) is 13.1 Å². The number of benzene rings is 1. The Bertz CT molecular complexity index is 630. The molecule has 1 aromatic rings. The number of nitrogen functional groups attached to an aromatic ring is 1. The maximum absolute atomic E-state index is 12.9. The molecule has 6 heteroatoms. The minimum Gasteiger partial charge on any atom is -0.397 e. The Labute approximate surface area is 119 Å². The normalized spacial score (nSPS) is 26.9. The topological polar surface area (TPSA) is 72.6 Å². The Balaban J connectivity index is 2.02. The van der Waals surface area contributed by atoms with Crippen LogP contribution >= 0.6 is 0 Å². The van der Waals surface area contributed by atoms with Crippen molar-refractivity contribution in [3.8, 4) is 0 Å². The number of ether oxygens (including phenoxy) is 1. The summed E-state index contributed by atoms with van der Waals surface area (Å²) >= 11 is 0. The van der Waals surface area contributed by atoms with Gasteiger partial charge >= 0.3 is 0 Å². The largest absolute Gasteiger partial charge is 0.397 e. The predicted octanol–water partition coefficient (Wildman–Crippen LogP) is 1.44. The lowest BCUT2D eigenvalue weighted by Gasteiger charge is -2.32. The number of aryl methyl sites for hydroxylation is 2. The SMILES string of the molecule is Cc1ccc(C)c(S(=O)(=O)N2CC3CCC(C2)O3)c1N. The van der Waals surface area contributed by atoms with Crippen molar-refractivity contribution in [1.82, 2.24) is 4.31 Å². The van der Waals surface area contributed by atoms with Gasteiger partial charge in [-0.2, -0.15) is 4.31 Å². The molecule has 2 bridgehead atoms.